The van der Waals surface area contributed by atoms with E-state index in [9.17, 15) is 0 Å². The Morgan fingerprint density at radius 3 is 1.64 bits per heavy atom. The van der Waals surface area contributed by atoms with Crippen LogP contribution in [0.15, 0.2) is 11.8 Å². The molecular weight excluding hydrogens is 252 g/mol. The first kappa shape index (κ1) is 14.4. The summed E-state index contributed by atoms with van der Waals surface area (Å²) in [4.78, 5) is 0. The average molecular weight is 277 g/mol. The third kappa shape index (κ3) is 5.35. The first-order valence-electron chi connectivity index (χ1n) is 5.98. The Bertz CT molecular complexity index is 137. The van der Waals surface area contributed by atoms with E-state index in [1.54, 1.807) is 0 Å². The molecule has 84 valence electrons. The van der Waals surface area contributed by atoms with Crippen molar-refractivity contribution in [3.8, 4) is 0 Å². The van der Waals surface area contributed by atoms with Gasteiger partial charge in [-0.3, -0.25) is 0 Å². The zero-order valence-electron chi connectivity index (χ0n) is 9.98. The fourth-order valence-corrected chi connectivity index (χ4v) is 7.80. The van der Waals surface area contributed by atoms with E-state index in [1.807, 2.05) is 0 Å². The lowest BCUT2D eigenvalue weighted by Gasteiger charge is -2.27. The molecule has 0 unspecified atom stereocenters. The number of hydrogen-bond acceptors (Lipinski definition) is 0. The van der Waals surface area contributed by atoms with Gasteiger partial charge < -0.3 is 0 Å². The van der Waals surface area contributed by atoms with Crippen molar-refractivity contribution in [1.82, 2.24) is 0 Å². The Morgan fingerprint density at radius 2 is 1.36 bits per heavy atom. The summed E-state index contributed by atoms with van der Waals surface area (Å²) >= 11 is 3.49. The quantitative estimate of drug-likeness (QED) is 0.425. The molecule has 2 heteroatoms. The standard InChI is InChI=1S/C12H25BrSi/c1-4-9-14(10-5-2,11-6-3)12-7-8-13/h7,12H,4-6,8-11H2,1-3H3. The second-order valence-corrected chi connectivity index (χ2v) is 9.37. The number of allylic oxidation sites excluding steroid dienone is 1. The van der Waals surface area contributed by atoms with Gasteiger partial charge in [0.05, 0.1) is 8.07 Å². The van der Waals surface area contributed by atoms with Crippen molar-refractivity contribution in [2.75, 3.05) is 5.33 Å². The summed E-state index contributed by atoms with van der Waals surface area (Å²) in [7, 11) is -1.03. The summed E-state index contributed by atoms with van der Waals surface area (Å²) in [5.41, 5.74) is 2.60. The molecule has 0 heterocycles. The maximum Gasteiger partial charge on any atom is 0.0774 e. The molecule has 0 spiro atoms. The lowest BCUT2D eigenvalue weighted by molar-refractivity contribution is 0.936. The van der Waals surface area contributed by atoms with Gasteiger partial charge in [-0.15, -0.1) is 0 Å². The van der Waals surface area contributed by atoms with E-state index in [-0.39, 0.29) is 0 Å². The van der Waals surface area contributed by atoms with E-state index in [0.29, 0.717) is 0 Å². The van der Waals surface area contributed by atoms with E-state index >= 15 is 0 Å². The highest BCUT2D eigenvalue weighted by Crippen LogP contribution is 2.27. The van der Waals surface area contributed by atoms with Crippen molar-refractivity contribution in [2.45, 2.75) is 58.2 Å². The van der Waals surface area contributed by atoms with Crippen LogP contribution >= 0.6 is 15.9 Å². The molecular formula is C12H25BrSi. The smallest absolute Gasteiger partial charge is 0.0774 e. The highest BCUT2D eigenvalue weighted by atomic mass is 79.9. The van der Waals surface area contributed by atoms with Crippen molar-refractivity contribution < 1.29 is 0 Å². The molecule has 0 nitrogen and oxygen atoms in total. The minimum atomic E-state index is -1.03. The predicted molar refractivity (Wildman–Crippen MR) is 74.0 cm³/mol. The fourth-order valence-electron chi connectivity index (χ4n) is 2.41. The molecule has 0 fully saturated rings. The summed E-state index contributed by atoms with van der Waals surface area (Å²) in [6, 6.07) is 4.45. The van der Waals surface area contributed by atoms with Crippen LogP contribution in [-0.2, 0) is 0 Å². The zero-order chi connectivity index (χ0) is 10.9. The summed E-state index contributed by atoms with van der Waals surface area (Å²) in [6.07, 6.45) is 6.42. The molecule has 0 aliphatic carbocycles. The minimum absolute atomic E-state index is 1.03. The van der Waals surface area contributed by atoms with Gasteiger partial charge in [0.15, 0.2) is 0 Å². The normalized spacial score (nSPS) is 12.6. The molecule has 0 saturated heterocycles. The molecule has 0 radical (unpaired) electrons. The SMILES string of the molecule is CCC[Si](C=CCBr)(CCC)CCC. The highest BCUT2D eigenvalue weighted by Gasteiger charge is 2.26. The van der Waals surface area contributed by atoms with Crippen LogP contribution < -0.4 is 0 Å². The molecule has 0 bridgehead atoms. The van der Waals surface area contributed by atoms with E-state index in [1.165, 1.54) is 37.4 Å². The van der Waals surface area contributed by atoms with Crippen LogP contribution in [0.5, 0.6) is 0 Å². The molecule has 0 aliphatic rings. The Kier molecular flexibility index (Phi) is 8.99. The Hall–Kier alpha value is 0.437. The molecule has 0 aromatic carbocycles. The van der Waals surface area contributed by atoms with Gasteiger partial charge in [-0.1, -0.05) is 85.9 Å². The van der Waals surface area contributed by atoms with Crippen molar-refractivity contribution in [3.63, 3.8) is 0 Å². The van der Waals surface area contributed by atoms with Gasteiger partial charge in [-0.2, -0.15) is 0 Å². The van der Waals surface area contributed by atoms with E-state index in [2.05, 4.69) is 48.5 Å². The predicted octanol–water partition coefficient (Wildman–Crippen LogP) is 5.16. The molecule has 0 aromatic heterocycles. The van der Waals surface area contributed by atoms with Gasteiger partial charge in [-0.25, -0.2) is 0 Å². The van der Waals surface area contributed by atoms with Crippen LogP contribution in [0, 0.1) is 0 Å². The van der Waals surface area contributed by atoms with Crippen molar-refractivity contribution in [3.05, 3.63) is 11.8 Å². The van der Waals surface area contributed by atoms with E-state index in [0.717, 1.165) is 5.33 Å². The van der Waals surface area contributed by atoms with Crippen LogP contribution in [0.4, 0.5) is 0 Å². The molecule has 0 atom stereocenters. The fraction of sp³-hybridized carbons (Fsp3) is 0.833. The molecule has 14 heavy (non-hydrogen) atoms. The molecule has 0 saturated carbocycles. The van der Waals surface area contributed by atoms with E-state index < -0.39 is 8.07 Å². The summed E-state index contributed by atoms with van der Waals surface area (Å²) in [5.74, 6) is 0. The third-order valence-corrected chi connectivity index (χ3v) is 8.61. The van der Waals surface area contributed by atoms with Gasteiger partial charge in [0.2, 0.25) is 0 Å². The number of rotatable bonds is 8. The first-order valence-corrected chi connectivity index (χ1v) is 9.80. The summed E-state index contributed by atoms with van der Waals surface area (Å²) in [6.45, 7) is 6.99. The molecule has 0 N–H and O–H groups in total. The topological polar surface area (TPSA) is 0 Å². The second kappa shape index (κ2) is 8.72. The molecule has 0 rings (SSSR count). The maximum absolute atomic E-state index is 3.49. The second-order valence-electron chi connectivity index (χ2n) is 4.17. The van der Waals surface area contributed by atoms with Crippen molar-refractivity contribution in [1.29, 1.82) is 0 Å². The first-order chi connectivity index (χ1) is 6.74. The highest BCUT2D eigenvalue weighted by molar-refractivity contribution is 9.09. The minimum Gasteiger partial charge on any atom is -0.0973 e. The van der Waals surface area contributed by atoms with Crippen molar-refractivity contribution in [2.24, 2.45) is 0 Å². The Labute approximate surface area is 99.3 Å². The molecule has 0 amide bonds. The Balaban J connectivity index is 4.45. The van der Waals surface area contributed by atoms with Crippen LogP contribution in [-0.4, -0.2) is 13.4 Å². The third-order valence-electron chi connectivity index (χ3n) is 2.80. The van der Waals surface area contributed by atoms with Gasteiger partial charge in [0.25, 0.3) is 0 Å². The lowest BCUT2D eigenvalue weighted by atomic mass is 10.5. The van der Waals surface area contributed by atoms with Gasteiger partial charge in [-0.05, 0) is 0 Å². The summed E-state index contributed by atoms with van der Waals surface area (Å²) < 4.78 is 0. The van der Waals surface area contributed by atoms with Gasteiger partial charge in [0.1, 0.15) is 0 Å². The lowest BCUT2D eigenvalue weighted by Crippen LogP contribution is -2.31. The Morgan fingerprint density at radius 1 is 0.929 bits per heavy atom. The molecule has 0 aromatic rings. The summed E-state index contributed by atoms with van der Waals surface area (Å²) in [5, 5.41) is 1.03. The van der Waals surface area contributed by atoms with Crippen LogP contribution in [0.1, 0.15) is 40.0 Å². The average Bonchev–Trinajstić information content (AvgIpc) is 2.16. The van der Waals surface area contributed by atoms with Crippen LogP contribution in [0.3, 0.4) is 0 Å². The monoisotopic (exact) mass is 276 g/mol. The number of alkyl halides is 1. The van der Waals surface area contributed by atoms with E-state index in [4.69, 9.17) is 0 Å². The van der Waals surface area contributed by atoms with Crippen LogP contribution in [0.25, 0.3) is 0 Å². The molecule has 0 aliphatic heterocycles. The largest absolute Gasteiger partial charge is 0.0973 e. The van der Waals surface area contributed by atoms with Crippen molar-refractivity contribution >= 4 is 24.0 Å². The van der Waals surface area contributed by atoms with Crippen LogP contribution in [0.2, 0.25) is 18.1 Å². The van der Waals surface area contributed by atoms with Gasteiger partial charge >= 0.3 is 0 Å². The van der Waals surface area contributed by atoms with Gasteiger partial charge in [0, 0.05) is 5.33 Å². The zero-order valence-corrected chi connectivity index (χ0v) is 12.6. The number of halogens is 1. The number of hydrogen-bond donors (Lipinski definition) is 0. The maximum atomic E-state index is 3.49.